The lowest BCUT2D eigenvalue weighted by Crippen LogP contribution is -2.05. The molecule has 1 aromatic carbocycles. The molecule has 0 heterocycles. The Morgan fingerprint density at radius 1 is 1.26 bits per heavy atom. The van der Waals surface area contributed by atoms with E-state index in [0.717, 1.165) is 25.0 Å². The zero-order valence-corrected chi connectivity index (χ0v) is 12.7. The van der Waals surface area contributed by atoms with Gasteiger partial charge in [0.1, 0.15) is 11.5 Å². The van der Waals surface area contributed by atoms with Gasteiger partial charge in [-0.1, -0.05) is 32.9 Å². The zero-order chi connectivity index (χ0) is 14.3. The summed E-state index contributed by atoms with van der Waals surface area (Å²) in [5.74, 6) is 1.72. The number of hydrogen-bond acceptors (Lipinski definition) is 2. The smallest absolute Gasteiger partial charge is 0.132 e. The van der Waals surface area contributed by atoms with Crippen LogP contribution in [-0.4, -0.2) is 12.9 Å². The molecule has 0 fully saturated rings. The minimum absolute atomic E-state index is 0.351. The van der Waals surface area contributed by atoms with Crippen LogP contribution in [0.15, 0.2) is 18.2 Å². The van der Waals surface area contributed by atoms with Gasteiger partial charge in [-0.15, -0.1) is 0 Å². The van der Waals surface area contributed by atoms with Crippen LogP contribution in [0.2, 0.25) is 0 Å². The highest BCUT2D eigenvalue weighted by Gasteiger charge is 2.16. The maximum atomic E-state index is 11.5. The second-order valence-corrected chi connectivity index (χ2v) is 4.97. The second kappa shape index (κ2) is 7.98. The maximum absolute atomic E-state index is 11.5. The molecule has 106 valence electrons. The first-order valence-electron chi connectivity index (χ1n) is 7.34. The maximum Gasteiger partial charge on any atom is 0.132 e. The molecule has 2 nitrogen and oxygen atoms in total. The minimum Gasteiger partial charge on any atom is -0.496 e. The molecule has 0 aromatic heterocycles. The molecular weight excluding hydrogens is 236 g/mol. The quantitative estimate of drug-likeness (QED) is 0.689. The molecule has 0 aliphatic carbocycles. The van der Waals surface area contributed by atoms with Crippen molar-refractivity contribution in [1.29, 1.82) is 0 Å². The van der Waals surface area contributed by atoms with Crippen molar-refractivity contribution in [2.75, 3.05) is 7.11 Å². The van der Waals surface area contributed by atoms with E-state index in [0.29, 0.717) is 24.5 Å². The summed E-state index contributed by atoms with van der Waals surface area (Å²) in [5.41, 5.74) is 2.59. The van der Waals surface area contributed by atoms with Gasteiger partial charge in [-0.25, -0.2) is 0 Å². The molecule has 0 saturated heterocycles. The Labute approximate surface area is 117 Å². The van der Waals surface area contributed by atoms with Crippen LogP contribution in [-0.2, 0) is 11.2 Å². The zero-order valence-electron chi connectivity index (χ0n) is 12.7. The fourth-order valence-corrected chi connectivity index (χ4v) is 2.41. The van der Waals surface area contributed by atoms with E-state index >= 15 is 0 Å². The fraction of sp³-hybridized carbons (Fsp3) is 0.588. The average Bonchev–Trinajstić information content (AvgIpc) is 2.47. The van der Waals surface area contributed by atoms with Crippen LogP contribution < -0.4 is 4.74 Å². The molecule has 0 amide bonds. The Morgan fingerprint density at radius 2 is 2.00 bits per heavy atom. The van der Waals surface area contributed by atoms with Crippen LogP contribution >= 0.6 is 0 Å². The Bertz CT molecular complexity index is 410. The predicted molar refractivity (Wildman–Crippen MR) is 79.9 cm³/mol. The van der Waals surface area contributed by atoms with Crippen molar-refractivity contribution < 1.29 is 9.53 Å². The van der Waals surface area contributed by atoms with Gasteiger partial charge in [0.2, 0.25) is 0 Å². The summed E-state index contributed by atoms with van der Waals surface area (Å²) in [7, 11) is 1.72. The van der Waals surface area contributed by atoms with Gasteiger partial charge < -0.3 is 4.74 Å². The highest BCUT2D eigenvalue weighted by molar-refractivity contribution is 5.78. The van der Waals surface area contributed by atoms with Gasteiger partial charge in [0.15, 0.2) is 0 Å². The number of ether oxygens (including phenoxy) is 1. The number of rotatable bonds is 8. The Kier molecular flexibility index (Phi) is 6.61. The number of benzene rings is 1. The van der Waals surface area contributed by atoms with E-state index in [4.69, 9.17) is 4.74 Å². The summed E-state index contributed by atoms with van der Waals surface area (Å²) in [6, 6.07) is 6.41. The summed E-state index contributed by atoms with van der Waals surface area (Å²) in [4.78, 5) is 11.5. The highest BCUT2D eigenvalue weighted by atomic mass is 16.5. The first-order valence-corrected chi connectivity index (χ1v) is 7.34. The van der Waals surface area contributed by atoms with E-state index in [1.807, 2.05) is 6.92 Å². The van der Waals surface area contributed by atoms with Crippen molar-refractivity contribution in [2.24, 2.45) is 0 Å². The summed E-state index contributed by atoms with van der Waals surface area (Å²) in [5, 5.41) is 0. The molecule has 19 heavy (non-hydrogen) atoms. The molecule has 1 aromatic rings. The number of Topliss-reactive ketones (excluding diaryl/α,β-unsaturated/α-hetero) is 1. The molecule has 2 heteroatoms. The van der Waals surface area contributed by atoms with E-state index in [1.165, 1.54) is 11.1 Å². The van der Waals surface area contributed by atoms with Crippen LogP contribution in [0, 0.1) is 0 Å². The topological polar surface area (TPSA) is 26.3 Å². The van der Waals surface area contributed by atoms with Crippen LogP contribution in [0.25, 0.3) is 0 Å². The lowest BCUT2D eigenvalue weighted by Gasteiger charge is -2.19. The lowest BCUT2D eigenvalue weighted by molar-refractivity contribution is -0.118. The van der Waals surface area contributed by atoms with E-state index in [9.17, 15) is 4.79 Å². The number of methoxy groups -OCH3 is 1. The fourth-order valence-electron chi connectivity index (χ4n) is 2.41. The Balaban J connectivity index is 2.92. The normalized spacial score (nSPS) is 12.2. The van der Waals surface area contributed by atoms with Gasteiger partial charge >= 0.3 is 0 Å². The molecule has 0 bridgehead atoms. The number of carbonyl (C=O) groups is 1. The first kappa shape index (κ1) is 15.7. The van der Waals surface area contributed by atoms with Crippen molar-refractivity contribution in [2.45, 2.75) is 58.8 Å². The van der Waals surface area contributed by atoms with E-state index in [-0.39, 0.29) is 0 Å². The monoisotopic (exact) mass is 262 g/mol. The van der Waals surface area contributed by atoms with Crippen molar-refractivity contribution >= 4 is 5.78 Å². The molecule has 0 spiro atoms. The Morgan fingerprint density at radius 3 is 2.53 bits per heavy atom. The molecule has 1 rings (SSSR count). The molecular formula is C17H26O2. The van der Waals surface area contributed by atoms with Gasteiger partial charge in [0, 0.05) is 12.8 Å². The third-order valence-corrected chi connectivity index (χ3v) is 3.80. The lowest BCUT2D eigenvalue weighted by atomic mass is 9.89. The molecule has 1 unspecified atom stereocenters. The summed E-state index contributed by atoms with van der Waals surface area (Å²) in [6.45, 7) is 6.27. The highest BCUT2D eigenvalue weighted by Crippen LogP contribution is 2.33. The van der Waals surface area contributed by atoms with Crippen LogP contribution in [0.1, 0.15) is 63.5 Å². The molecule has 0 radical (unpaired) electrons. The number of aryl methyl sites for hydroxylation is 1. The predicted octanol–water partition coefficient (Wildman–Crippen LogP) is 4.51. The SMILES string of the molecule is CCC(=O)CCC(CC)c1cc(CC)ccc1OC. The third kappa shape index (κ3) is 4.38. The van der Waals surface area contributed by atoms with E-state index < -0.39 is 0 Å². The number of carbonyl (C=O) groups excluding carboxylic acids is 1. The molecule has 1 atom stereocenters. The minimum atomic E-state index is 0.351. The van der Waals surface area contributed by atoms with Gasteiger partial charge in [-0.05, 0) is 42.4 Å². The van der Waals surface area contributed by atoms with Crippen molar-refractivity contribution in [3.63, 3.8) is 0 Å². The summed E-state index contributed by atoms with van der Waals surface area (Å²) in [6.07, 6.45) is 4.31. The third-order valence-electron chi connectivity index (χ3n) is 3.80. The van der Waals surface area contributed by atoms with Gasteiger partial charge in [-0.2, -0.15) is 0 Å². The van der Waals surface area contributed by atoms with Crippen molar-refractivity contribution in [1.82, 2.24) is 0 Å². The van der Waals surface area contributed by atoms with Crippen LogP contribution in [0.4, 0.5) is 0 Å². The van der Waals surface area contributed by atoms with E-state index in [2.05, 4.69) is 32.0 Å². The van der Waals surface area contributed by atoms with Crippen LogP contribution in [0.3, 0.4) is 0 Å². The summed E-state index contributed by atoms with van der Waals surface area (Å²) < 4.78 is 5.48. The van der Waals surface area contributed by atoms with Gasteiger partial charge in [-0.3, -0.25) is 4.79 Å². The van der Waals surface area contributed by atoms with Crippen molar-refractivity contribution in [3.05, 3.63) is 29.3 Å². The summed E-state index contributed by atoms with van der Waals surface area (Å²) >= 11 is 0. The largest absolute Gasteiger partial charge is 0.496 e. The molecule has 0 aliphatic heterocycles. The number of ketones is 1. The first-order chi connectivity index (χ1) is 9.15. The number of hydrogen-bond donors (Lipinski definition) is 0. The second-order valence-electron chi connectivity index (χ2n) is 4.97. The van der Waals surface area contributed by atoms with Crippen LogP contribution in [0.5, 0.6) is 5.75 Å². The molecule has 0 aliphatic rings. The Hall–Kier alpha value is -1.31. The average molecular weight is 262 g/mol. The van der Waals surface area contributed by atoms with Gasteiger partial charge in [0.05, 0.1) is 7.11 Å². The molecule has 0 saturated carbocycles. The molecule has 0 N–H and O–H groups in total. The van der Waals surface area contributed by atoms with E-state index in [1.54, 1.807) is 7.11 Å². The van der Waals surface area contributed by atoms with Gasteiger partial charge in [0.25, 0.3) is 0 Å². The standard InChI is InChI=1S/C17H26O2/c1-5-13-8-11-17(19-4)16(12-13)14(6-2)9-10-15(18)7-3/h8,11-12,14H,5-7,9-10H2,1-4H3. The van der Waals surface area contributed by atoms with Crippen molar-refractivity contribution in [3.8, 4) is 5.75 Å².